The van der Waals surface area contributed by atoms with Crippen LogP contribution in [0.5, 0.6) is 11.5 Å². The van der Waals surface area contributed by atoms with Gasteiger partial charge in [-0.15, -0.1) is 0 Å². The maximum Gasteiger partial charge on any atom is 0.292 e. The first-order valence-electron chi connectivity index (χ1n) is 30.2. The molecule has 6 aromatic heterocycles. The number of aryl methyl sites for hydroxylation is 6. The zero-order valence-electron chi connectivity index (χ0n) is 53.6. The number of anilines is 6. The van der Waals surface area contributed by atoms with Crippen molar-refractivity contribution in [3.8, 4) is 11.5 Å². The standard InChI is InChI=1S/C62H76N20O12/c1-75(2)20-12-17-63-56(86)43-25-38(32-76(43)3)69-59(89)46-24-37(31-79(46)6)68-52(84)15-19-65-60(90)54-73-50(35-80(54)7)74-61(91)55-72-49(34-81(55)8)71-53(85)16-18-64-57(87)44-26-39(33-77(44)4)70-58(88)45-23-36(30-78(45)5)67-51(83)14-11-22-94-48-28-42-41(27-47(48)93-9)62(92)82-21-10-13-40(82)29-66-42/h23-35,40H,10-22H2,1-9H3,(H,63,86)(H,64,87)(H,65,90)(H,67,83)(H,68,84)(H,69,89)(H,70,88)(H,71,85)(H,74,91)/t40-/m0/s1. The third-order valence-corrected chi connectivity index (χ3v) is 15.3. The molecule has 0 spiro atoms. The van der Waals surface area contributed by atoms with Crippen LogP contribution < -0.4 is 57.3 Å². The molecule has 0 aliphatic carbocycles. The Morgan fingerprint density at radius 2 is 1.00 bits per heavy atom. The van der Waals surface area contributed by atoms with Gasteiger partial charge < -0.3 is 94.5 Å². The number of hydrogen-bond donors (Lipinski definition) is 9. The molecule has 94 heavy (non-hydrogen) atoms. The third kappa shape index (κ3) is 16.6. The molecule has 1 aromatic carbocycles. The van der Waals surface area contributed by atoms with Gasteiger partial charge in [0.15, 0.2) is 23.1 Å². The highest BCUT2D eigenvalue weighted by Gasteiger charge is 2.33. The van der Waals surface area contributed by atoms with E-state index < -0.39 is 41.4 Å². The lowest BCUT2D eigenvalue weighted by Gasteiger charge is -2.20. The van der Waals surface area contributed by atoms with Gasteiger partial charge in [0.1, 0.15) is 22.8 Å². The number of rotatable bonds is 28. The number of aromatic nitrogens is 8. The molecule has 1 atom stereocenters. The van der Waals surface area contributed by atoms with E-state index in [2.05, 4.69) is 62.8 Å². The Bertz CT molecular complexity index is 4100. The first-order valence-corrected chi connectivity index (χ1v) is 30.2. The van der Waals surface area contributed by atoms with E-state index in [0.717, 1.165) is 25.8 Å². The number of carbonyl (C=O) groups is 10. The predicted octanol–water partition coefficient (Wildman–Crippen LogP) is 3.59. The van der Waals surface area contributed by atoms with Crippen LogP contribution in [-0.4, -0.2) is 179 Å². The quantitative estimate of drug-likeness (QED) is 0.0317. The summed E-state index contributed by atoms with van der Waals surface area (Å²) in [6.07, 6.45) is 13.7. The van der Waals surface area contributed by atoms with Crippen LogP contribution in [0.2, 0.25) is 0 Å². The second-order valence-corrected chi connectivity index (χ2v) is 22.9. The van der Waals surface area contributed by atoms with Crippen LogP contribution in [0.15, 0.2) is 78.6 Å². The minimum absolute atomic E-state index is 0.0158. The van der Waals surface area contributed by atoms with Crippen LogP contribution in [0.25, 0.3) is 0 Å². The molecule has 8 heterocycles. The molecule has 0 unspecified atom stereocenters. The fourth-order valence-corrected chi connectivity index (χ4v) is 10.6. The molecule has 0 radical (unpaired) electrons. The summed E-state index contributed by atoms with van der Waals surface area (Å²) in [5, 5.41) is 24.5. The summed E-state index contributed by atoms with van der Waals surface area (Å²) in [6.45, 7) is 2.02. The zero-order valence-corrected chi connectivity index (χ0v) is 53.6. The maximum absolute atomic E-state index is 13.4. The number of benzene rings is 1. The van der Waals surface area contributed by atoms with Gasteiger partial charge >= 0.3 is 0 Å². The molecule has 0 saturated carbocycles. The van der Waals surface area contributed by atoms with Crippen molar-refractivity contribution in [2.45, 2.75) is 51.0 Å². The van der Waals surface area contributed by atoms with Crippen LogP contribution in [0.1, 0.15) is 118 Å². The Morgan fingerprint density at radius 3 is 1.54 bits per heavy atom. The molecule has 7 aromatic rings. The van der Waals surface area contributed by atoms with Crippen LogP contribution in [0, 0.1) is 0 Å². The first-order chi connectivity index (χ1) is 44.9. The fraction of sp³-hybridized carbons (Fsp3) is 0.371. The second-order valence-electron chi connectivity index (χ2n) is 22.9. The molecule has 9 N–H and O–H groups in total. The molecule has 32 nitrogen and oxygen atoms in total. The zero-order chi connectivity index (χ0) is 67.5. The molecule has 32 heteroatoms. The number of fused-ring (bicyclic) bond motifs is 2. The normalized spacial score (nSPS) is 13.1. The van der Waals surface area contributed by atoms with Gasteiger partial charge in [0.05, 0.1) is 53.8 Å². The number of ether oxygens (including phenoxy) is 2. The van der Waals surface area contributed by atoms with E-state index in [4.69, 9.17) is 9.47 Å². The van der Waals surface area contributed by atoms with Gasteiger partial charge in [0.2, 0.25) is 29.4 Å². The average Bonchev–Trinajstić information content (AvgIpc) is 1.56. The summed E-state index contributed by atoms with van der Waals surface area (Å²) in [5.74, 6) is -3.80. The summed E-state index contributed by atoms with van der Waals surface area (Å²) in [4.78, 5) is 148. The fourth-order valence-electron chi connectivity index (χ4n) is 10.6. The van der Waals surface area contributed by atoms with Crippen molar-refractivity contribution in [1.82, 2.24) is 63.1 Å². The molecular weight excluding hydrogens is 1220 g/mol. The Hall–Kier alpha value is -11.3. The highest BCUT2D eigenvalue weighted by atomic mass is 16.5. The number of amides is 10. The summed E-state index contributed by atoms with van der Waals surface area (Å²) < 4.78 is 20.5. The van der Waals surface area contributed by atoms with Gasteiger partial charge in [-0.1, -0.05) is 0 Å². The van der Waals surface area contributed by atoms with Gasteiger partial charge in [-0.2, -0.15) is 0 Å². The van der Waals surface area contributed by atoms with E-state index in [1.54, 1.807) is 93.6 Å². The van der Waals surface area contributed by atoms with E-state index in [0.29, 0.717) is 70.7 Å². The molecule has 1 fully saturated rings. The first kappa shape index (κ1) is 67.1. The lowest BCUT2D eigenvalue weighted by Crippen LogP contribution is -2.35. The molecule has 9 rings (SSSR count). The van der Waals surface area contributed by atoms with E-state index in [1.165, 1.54) is 63.0 Å². The number of nitrogens with zero attached hydrogens (tertiary/aromatic N) is 11. The molecular formula is C62H76N20O12. The van der Waals surface area contributed by atoms with Crippen LogP contribution in [-0.2, 0) is 56.7 Å². The second kappa shape index (κ2) is 29.8. The van der Waals surface area contributed by atoms with E-state index >= 15 is 0 Å². The van der Waals surface area contributed by atoms with Crippen molar-refractivity contribution in [3.63, 3.8) is 0 Å². The van der Waals surface area contributed by atoms with Crippen molar-refractivity contribution in [2.24, 2.45) is 47.3 Å². The average molecular weight is 1290 g/mol. The number of nitrogens with one attached hydrogen (secondary N) is 9. The molecule has 2 aliphatic rings. The Balaban J connectivity index is 0.662. The van der Waals surface area contributed by atoms with Crippen LogP contribution >= 0.6 is 0 Å². The molecule has 2 aliphatic heterocycles. The highest BCUT2D eigenvalue weighted by Crippen LogP contribution is 2.38. The van der Waals surface area contributed by atoms with Crippen molar-refractivity contribution in [1.29, 1.82) is 0 Å². The lowest BCUT2D eigenvalue weighted by molar-refractivity contribution is -0.117. The minimum atomic E-state index is -0.707. The van der Waals surface area contributed by atoms with Crippen molar-refractivity contribution in [2.75, 3.05) is 92.4 Å². The van der Waals surface area contributed by atoms with Crippen molar-refractivity contribution >= 4 is 105 Å². The third-order valence-electron chi connectivity index (χ3n) is 15.3. The van der Waals surface area contributed by atoms with Gasteiger partial charge in [-0.05, 0) is 76.7 Å². The van der Waals surface area contributed by atoms with Gasteiger partial charge in [-0.25, -0.2) is 9.97 Å². The van der Waals surface area contributed by atoms with E-state index in [-0.39, 0.29) is 103 Å². The minimum Gasteiger partial charge on any atom is -0.493 e. The van der Waals surface area contributed by atoms with Gasteiger partial charge in [0.25, 0.3) is 41.4 Å². The highest BCUT2D eigenvalue weighted by molar-refractivity contribution is 6.08. The molecule has 1 saturated heterocycles. The van der Waals surface area contributed by atoms with Gasteiger partial charge in [-0.3, -0.25) is 52.9 Å². The summed E-state index contributed by atoms with van der Waals surface area (Å²) in [6, 6.07) is 9.35. The number of imidazole rings is 2. The number of carbonyl (C=O) groups excluding carboxylic acids is 10. The summed E-state index contributed by atoms with van der Waals surface area (Å²) >= 11 is 0. The summed E-state index contributed by atoms with van der Waals surface area (Å²) in [5.41, 5.74) is 3.43. The van der Waals surface area contributed by atoms with Crippen molar-refractivity contribution < 1.29 is 57.4 Å². The van der Waals surface area contributed by atoms with Crippen molar-refractivity contribution in [3.05, 3.63) is 114 Å². The molecule has 496 valence electrons. The topological polar surface area (TPSA) is 372 Å². The van der Waals surface area contributed by atoms with Crippen LogP contribution in [0.4, 0.5) is 40.1 Å². The number of methoxy groups -OCH3 is 1. The predicted molar refractivity (Wildman–Crippen MR) is 347 cm³/mol. The van der Waals surface area contributed by atoms with Crippen LogP contribution in [0.3, 0.4) is 0 Å². The monoisotopic (exact) mass is 1290 g/mol. The Labute approximate surface area is 539 Å². The Morgan fingerprint density at radius 1 is 0.521 bits per heavy atom. The molecule has 10 amide bonds. The smallest absolute Gasteiger partial charge is 0.292 e. The largest absolute Gasteiger partial charge is 0.493 e. The maximum atomic E-state index is 13.4. The molecule has 0 bridgehead atoms. The number of hydrogen-bond acceptors (Lipinski definition) is 16. The summed E-state index contributed by atoms with van der Waals surface area (Å²) in [7, 11) is 15.1. The Kier molecular flexibility index (Phi) is 21.2. The van der Waals surface area contributed by atoms with Gasteiger partial charge in [0, 0.05) is 137 Å². The van der Waals surface area contributed by atoms with E-state index in [1.807, 2.05) is 23.9 Å². The lowest BCUT2D eigenvalue weighted by atomic mass is 10.1. The number of aliphatic imine (C=N–C) groups is 1. The van der Waals surface area contributed by atoms with E-state index in [9.17, 15) is 47.9 Å². The SMILES string of the molecule is COc1cc2c(cc1OCCCC(=O)Nc1cc(C(=O)Nc3cc(C(=O)NCCC(=O)Nc4cn(C)c(C(=O)Nc5cn(C)c(C(=O)NCCC(=O)Nc6cc(C(=O)Nc7cc(C(=O)NCCCN(C)C)n(C)c7)n(C)c6)n5)n4)n(C)c3)n(C)c1)N=C[C@@H]1CCCN1C2=O.